The van der Waals surface area contributed by atoms with Gasteiger partial charge < -0.3 is 24.1 Å². The predicted octanol–water partition coefficient (Wildman–Crippen LogP) is 1.56. The van der Waals surface area contributed by atoms with Crippen LogP contribution >= 0.6 is 23.1 Å². The Morgan fingerprint density at radius 3 is 2.68 bits per heavy atom. The van der Waals surface area contributed by atoms with Crippen molar-refractivity contribution in [2.75, 3.05) is 32.1 Å². The van der Waals surface area contributed by atoms with Crippen LogP contribution in [0.1, 0.15) is 16.2 Å². The lowest BCUT2D eigenvalue weighted by Gasteiger charge is -2.18. The van der Waals surface area contributed by atoms with Crippen molar-refractivity contribution in [3.05, 3.63) is 35.2 Å². The van der Waals surface area contributed by atoms with Crippen LogP contribution in [-0.4, -0.2) is 72.0 Å². The molecular formula is C18H21N3O5S2. The molecule has 0 spiro atoms. The van der Waals surface area contributed by atoms with Gasteiger partial charge in [0.2, 0.25) is 5.91 Å². The predicted molar refractivity (Wildman–Crippen MR) is 104 cm³/mol. The third kappa shape index (κ3) is 4.57. The van der Waals surface area contributed by atoms with E-state index in [-0.39, 0.29) is 30.1 Å². The van der Waals surface area contributed by atoms with Crippen molar-refractivity contribution in [1.29, 1.82) is 0 Å². The van der Waals surface area contributed by atoms with Crippen molar-refractivity contribution in [2.45, 2.75) is 29.5 Å². The molecule has 150 valence electrons. The van der Waals surface area contributed by atoms with Crippen molar-refractivity contribution in [3.8, 4) is 0 Å². The van der Waals surface area contributed by atoms with Crippen molar-refractivity contribution >= 4 is 34.9 Å². The smallest absolute Gasteiger partial charge is 0.289 e. The number of rotatable bonds is 5. The van der Waals surface area contributed by atoms with Gasteiger partial charge >= 0.3 is 0 Å². The Morgan fingerprint density at radius 2 is 2.07 bits per heavy atom. The first-order valence-corrected chi connectivity index (χ1v) is 10.9. The van der Waals surface area contributed by atoms with E-state index < -0.39 is 0 Å². The Bertz CT molecular complexity index is 809. The number of carbonyl (C=O) groups is 2. The minimum absolute atomic E-state index is 0.0725. The highest BCUT2D eigenvalue weighted by Crippen LogP contribution is 2.23. The summed E-state index contributed by atoms with van der Waals surface area (Å²) < 4.78 is 17.9. The molecule has 2 amide bonds. The average molecular weight is 424 g/mol. The van der Waals surface area contributed by atoms with Crippen molar-refractivity contribution in [1.82, 2.24) is 15.2 Å². The fourth-order valence-corrected chi connectivity index (χ4v) is 4.85. The summed E-state index contributed by atoms with van der Waals surface area (Å²) in [5.41, 5.74) is 0.963. The molecule has 2 aromatic rings. The lowest BCUT2D eigenvalue weighted by molar-refractivity contribution is -0.119. The van der Waals surface area contributed by atoms with E-state index in [9.17, 15) is 9.59 Å². The Hall–Kier alpha value is -1.88. The number of aryl methyl sites for hydroxylation is 1. The highest BCUT2D eigenvalue weighted by molar-refractivity contribution is 8.01. The first kappa shape index (κ1) is 19.4. The van der Waals surface area contributed by atoms with E-state index in [1.54, 1.807) is 17.0 Å². The molecule has 0 radical (unpaired) electrons. The van der Waals surface area contributed by atoms with E-state index in [1.807, 2.05) is 12.3 Å². The second-order valence-corrected chi connectivity index (χ2v) is 8.82. The van der Waals surface area contributed by atoms with Gasteiger partial charge in [0.05, 0.1) is 44.4 Å². The van der Waals surface area contributed by atoms with E-state index in [0.717, 1.165) is 10.0 Å². The van der Waals surface area contributed by atoms with Crippen LogP contribution in [0.25, 0.3) is 0 Å². The van der Waals surface area contributed by atoms with E-state index in [1.165, 1.54) is 29.4 Å². The number of nitrogens with zero attached hydrogens (tertiary/aromatic N) is 2. The van der Waals surface area contributed by atoms with Crippen LogP contribution in [0, 0.1) is 6.92 Å². The summed E-state index contributed by atoms with van der Waals surface area (Å²) in [6.07, 6.45) is 1.08. The number of ether oxygens (including phenoxy) is 2. The second-order valence-electron chi connectivity index (χ2n) is 6.74. The molecule has 1 N–H and O–H groups in total. The summed E-state index contributed by atoms with van der Waals surface area (Å²) in [5, 5.41) is 4.92. The van der Waals surface area contributed by atoms with Gasteiger partial charge in [-0.05, 0) is 19.1 Å². The van der Waals surface area contributed by atoms with Crippen LogP contribution in [0.5, 0.6) is 0 Å². The van der Waals surface area contributed by atoms with Gasteiger partial charge in [-0.3, -0.25) is 9.59 Å². The zero-order valence-electron chi connectivity index (χ0n) is 15.3. The number of likely N-dealkylation sites (tertiary alicyclic amines) is 1. The number of thiazole rings is 1. The van der Waals surface area contributed by atoms with Gasteiger partial charge in [0.15, 0.2) is 10.1 Å². The molecule has 0 aromatic carbocycles. The molecule has 0 unspecified atom stereocenters. The number of amides is 2. The van der Waals surface area contributed by atoms with Gasteiger partial charge in [0.25, 0.3) is 5.91 Å². The zero-order chi connectivity index (χ0) is 19.5. The molecule has 0 saturated carbocycles. The molecular weight excluding hydrogens is 402 g/mol. The van der Waals surface area contributed by atoms with Gasteiger partial charge in [0, 0.05) is 11.1 Å². The van der Waals surface area contributed by atoms with Crippen LogP contribution in [0.15, 0.2) is 32.5 Å². The molecule has 4 rings (SSSR count). The quantitative estimate of drug-likeness (QED) is 0.730. The SMILES string of the molecule is Cc1csc(SCC(=O)NC2CO[C@H]3CN(C(=O)c4ccco4)C[C@@H]3OC2)n1. The van der Waals surface area contributed by atoms with Crippen molar-refractivity contribution < 1.29 is 23.5 Å². The molecule has 4 heterocycles. The molecule has 0 bridgehead atoms. The van der Waals surface area contributed by atoms with E-state index in [2.05, 4.69) is 10.3 Å². The van der Waals surface area contributed by atoms with Crippen LogP contribution in [0.3, 0.4) is 0 Å². The summed E-state index contributed by atoms with van der Waals surface area (Å²) in [6.45, 7) is 3.54. The number of fused-ring (bicyclic) bond motifs is 1. The third-order valence-corrected chi connectivity index (χ3v) is 6.69. The molecule has 2 atom stereocenters. The number of hydrogen-bond acceptors (Lipinski definition) is 8. The molecule has 28 heavy (non-hydrogen) atoms. The van der Waals surface area contributed by atoms with E-state index in [4.69, 9.17) is 13.9 Å². The molecule has 2 fully saturated rings. The molecule has 2 aliphatic heterocycles. The number of nitrogens with one attached hydrogen (secondary N) is 1. The normalized spacial score (nSPS) is 22.7. The number of hydrogen-bond donors (Lipinski definition) is 1. The Morgan fingerprint density at radius 1 is 1.32 bits per heavy atom. The van der Waals surface area contributed by atoms with E-state index in [0.29, 0.717) is 37.8 Å². The maximum absolute atomic E-state index is 12.4. The summed E-state index contributed by atoms with van der Waals surface area (Å²) in [7, 11) is 0. The lowest BCUT2D eigenvalue weighted by atomic mass is 10.3. The molecule has 2 aliphatic rings. The van der Waals surface area contributed by atoms with Crippen LogP contribution in [0.2, 0.25) is 0 Å². The lowest BCUT2D eigenvalue weighted by Crippen LogP contribution is -2.42. The van der Waals surface area contributed by atoms with Crippen LogP contribution in [-0.2, 0) is 14.3 Å². The van der Waals surface area contributed by atoms with Crippen LogP contribution < -0.4 is 5.32 Å². The number of furan rings is 1. The summed E-state index contributed by atoms with van der Waals surface area (Å²) in [4.78, 5) is 30.6. The van der Waals surface area contributed by atoms with Gasteiger partial charge in [0.1, 0.15) is 12.2 Å². The first-order valence-electron chi connectivity index (χ1n) is 8.99. The Labute approximate surface area is 170 Å². The molecule has 0 aliphatic carbocycles. The fourth-order valence-electron chi connectivity index (χ4n) is 3.19. The standard InChI is InChI=1S/C18H21N3O5S2/c1-11-9-27-18(19-11)28-10-16(22)20-12-7-25-14-5-21(6-15(14)26-8-12)17(23)13-3-2-4-24-13/h2-4,9,12,14-15H,5-8,10H2,1H3,(H,20,22)/t14-,15-/m0/s1. The minimum Gasteiger partial charge on any atom is -0.459 e. The summed E-state index contributed by atoms with van der Waals surface area (Å²) in [6, 6.07) is 3.13. The molecule has 2 saturated heterocycles. The number of carbonyl (C=O) groups excluding carboxylic acids is 2. The minimum atomic E-state index is -0.203. The second kappa shape index (κ2) is 8.64. The topological polar surface area (TPSA) is 93.9 Å². The Kier molecular flexibility index (Phi) is 6.00. The highest BCUT2D eigenvalue weighted by atomic mass is 32.2. The number of thioether (sulfide) groups is 1. The monoisotopic (exact) mass is 423 g/mol. The largest absolute Gasteiger partial charge is 0.459 e. The van der Waals surface area contributed by atoms with Gasteiger partial charge in [-0.1, -0.05) is 11.8 Å². The molecule has 2 aromatic heterocycles. The fraction of sp³-hybridized carbons (Fsp3) is 0.500. The third-order valence-electron chi connectivity index (χ3n) is 4.55. The summed E-state index contributed by atoms with van der Waals surface area (Å²) in [5.74, 6) is 0.387. The van der Waals surface area contributed by atoms with E-state index >= 15 is 0 Å². The van der Waals surface area contributed by atoms with Gasteiger partial charge in [-0.25, -0.2) is 4.98 Å². The maximum atomic E-state index is 12.4. The Balaban J connectivity index is 1.23. The average Bonchev–Trinajstić information content (AvgIpc) is 3.41. The van der Waals surface area contributed by atoms with Crippen molar-refractivity contribution in [2.24, 2.45) is 0 Å². The van der Waals surface area contributed by atoms with Crippen LogP contribution in [0.4, 0.5) is 0 Å². The van der Waals surface area contributed by atoms with Gasteiger partial charge in [-0.15, -0.1) is 11.3 Å². The molecule has 10 heteroatoms. The summed E-state index contributed by atoms with van der Waals surface area (Å²) >= 11 is 2.96. The molecule has 8 nitrogen and oxygen atoms in total. The maximum Gasteiger partial charge on any atom is 0.289 e. The van der Waals surface area contributed by atoms with Crippen molar-refractivity contribution in [3.63, 3.8) is 0 Å². The first-order chi connectivity index (χ1) is 13.6. The van der Waals surface area contributed by atoms with Gasteiger partial charge in [-0.2, -0.15) is 0 Å². The number of aromatic nitrogens is 1. The highest BCUT2D eigenvalue weighted by Gasteiger charge is 2.40. The zero-order valence-corrected chi connectivity index (χ0v) is 17.0.